The molecule has 0 fully saturated rings. The Labute approximate surface area is 116 Å². The lowest BCUT2D eigenvalue weighted by atomic mass is 10.1. The number of aromatic amines is 1. The number of H-pyrrole nitrogens is 1. The molecule has 2 aromatic rings. The lowest BCUT2D eigenvalue weighted by molar-refractivity contribution is -0.120. The molecule has 106 valence electrons. The van der Waals surface area contributed by atoms with Crippen LogP contribution in [0.3, 0.4) is 0 Å². The van der Waals surface area contributed by atoms with Gasteiger partial charge in [-0.15, -0.1) is 0 Å². The van der Waals surface area contributed by atoms with E-state index in [0.29, 0.717) is 29.6 Å². The van der Waals surface area contributed by atoms with Gasteiger partial charge in [0.15, 0.2) is 0 Å². The summed E-state index contributed by atoms with van der Waals surface area (Å²) in [5.41, 5.74) is 0.328. The molecule has 0 saturated heterocycles. The Balaban J connectivity index is 2.08. The van der Waals surface area contributed by atoms with Crippen molar-refractivity contribution in [2.24, 2.45) is 0 Å². The number of hydrogen-bond donors (Lipinski definition) is 2. The van der Waals surface area contributed by atoms with Crippen molar-refractivity contribution in [2.75, 3.05) is 20.3 Å². The summed E-state index contributed by atoms with van der Waals surface area (Å²) in [4.78, 5) is 23.4. The van der Waals surface area contributed by atoms with Crippen LogP contribution in [-0.2, 0) is 16.0 Å². The number of ether oxygens (including phenoxy) is 1. The lowest BCUT2D eigenvalue weighted by Gasteiger charge is -2.06. The van der Waals surface area contributed by atoms with E-state index in [0.717, 1.165) is 6.42 Å². The number of nitrogens with zero attached hydrogens (tertiary/aromatic N) is 1. The number of carbonyl (C=O) groups excluding carboxylic acids is 1. The summed E-state index contributed by atoms with van der Waals surface area (Å²) in [7, 11) is 1.62. The van der Waals surface area contributed by atoms with E-state index in [1.165, 1.54) is 0 Å². The van der Waals surface area contributed by atoms with Gasteiger partial charge in [0.25, 0.3) is 5.56 Å². The minimum absolute atomic E-state index is 0.120. The molecule has 0 atom stereocenters. The van der Waals surface area contributed by atoms with Crippen LogP contribution in [0.2, 0.25) is 0 Å². The number of carbonyl (C=O) groups is 1. The van der Waals surface area contributed by atoms with E-state index in [1.807, 2.05) is 6.07 Å². The standard InChI is InChI=1S/C14H17N3O3/c1-20-8-4-7-15-13(18)9-12-10-5-2-3-6-11(10)14(19)17-16-12/h2-3,5-6H,4,7-9H2,1H3,(H,15,18)(H,17,19). The molecule has 0 spiro atoms. The Bertz CT molecular complexity index is 651. The zero-order valence-corrected chi connectivity index (χ0v) is 11.3. The second kappa shape index (κ2) is 6.81. The predicted molar refractivity (Wildman–Crippen MR) is 75.6 cm³/mol. The Morgan fingerprint density at radius 2 is 2.10 bits per heavy atom. The van der Waals surface area contributed by atoms with E-state index < -0.39 is 0 Å². The molecule has 1 aromatic carbocycles. The number of fused-ring (bicyclic) bond motifs is 1. The second-order valence-electron chi connectivity index (χ2n) is 4.42. The van der Waals surface area contributed by atoms with Gasteiger partial charge in [0.2, 0.25) is 5.91 Å². The molecule has 1 amide bonds. The van der Waals surface area contributed by atoms with Crippen molar-refractivity contribution in [1.82, 2.24) is 15.5 Å². The average molecular weight is 275 g/mol. The summed E-state index contributed by atoms with van der Waals surface area (Å²) in [5.74, 6) is -0.120. The molecule has 1 aromatic heterocycles. The maximum Gasteiger partial charge on any atom is 0.272 e. The van der Waals surface area contributed by atoms with E-state index >= 15 is 0 Å². The lowest BCUT2D eigenvalue weighted by Crippen LogP contribution is -2.27. The zero-order valence-electron chi connectivity index (χ0n) is 11.3. The number of amides is 1. The zero-order chi connectivity index (χ0) is 14.4. The summed E-state index contributed by atoms with van der Waals surface area (Å²) < 4.78 is 4.91. The number of benzene rings is 1. The monoisotopic (exact) mass is 275 g/mol. The van der Waals surface area contributed by atoms with Gasteiger partial charge in [-0.1, -0.05) is 18.2 Å². The molecule has 1 heterocycles. The van der Waals surface area contributed by atoms with Crippen LogP contribution in [0.5, 0.6) is 0 Å². The largest absolute Gasteiger partial charge is 0.385 e. The summed E-state index contributed by atoms with van der Waals surface area (Å²) in [5, 5.41) is 10.4. The molecule has 0 aliphatic heterocycles. The van der Waals surface area contributed by atoms with Crippen molar-refractivity contribution in [1.29, 1.82) is 0 Å². The van der Waals surface area contributed by atoms with E-state index in [2.05, 4.69) is 15.5 Å². The van der Waals surface area contributed by atoms with Gasteiger partial charge in [-0.25, -0.2) is 5.10 Å². The van der Waals surface area contributed by atoms with Crippen molar-refractivity contribution in [3.05, 3.63) is 40.3 Å². The number of rotatable bonds is 6. The Morgan fingerprint density at radius 1 is 1.35 bits per heavy atom. The first kappa shape index (κ1) is 14.2. The number of hydrogen-bond acceptors (Lipinski definition) is 4. The topological polar surface area (TPSA) is 84.1 Å². The molecule has 20 heavy (non-hydrogen) atoms. The second-order valence-corrected chi connectivity index (χ2v) is 4.42. The van der Waals surface area contributed by atoms with Gasteiger partial charge < -0.3 is 10.1 Å². The van der Waals surface area contributed by atoms with E-state index in [1.54, 1.807) is 25.3 Å². The molecule has 0 saturated carbocycles. The summed E-state index contributed by atoms with van der Waals surface area (Å²) in [6.45, 7) is 1.17. The van der Waals surface area contributed by atoms with Crippen LogP contribution in [0, 0.1) is 0 Å². The highest BCUT2D eigenvalue weighted by Gasteiger charge is 2.10. The molecule has 0 radical (unpaired) electrons. The number of methoxy groups -OCH3 is 1. The maximum atomic E-state index is 11.8. The molecule has 6 heteroatoms. The fourth-order valence-electron chi connectivity index (χ4n) is 1.97. The van der Waals surface area contributed by atoms with Crippen LogP contribution in [0.15, 0.2) is 29.1 Å². The summed E-state index contributed by atoms with van der Waals surface area (Å²) >= 11 is 0. The first-order valence-corrected chi connectivity index (χ1v) is 6.44. The summed E-state index contributed by atoms with van der Waals surface area (Å²) in [6.07, 6.45) is 0.909. The first-order chi connectivity index (χ1) is 9.72. The number of nitrogens with one attached hydrogen (secondary N) is 2. The minimum atomic E-state index is -0.246. The summed E-state index contributed by atoms with van der Waals surface area (Å²) in [6, 6.07) is 7.12. The van der Waals surface area contributed by atoms with Crippen molar-refractivity contribution < 1.29 is 9.53 Å². The molecule has 0 aliphatic rings. The number of aromatic nitrogens is 2. The Kier molecular flexibility index (Phi) is 4.84. The Morgan fingerprint density at radius 3 is 2.85 bits per heavy atom. The molecule has 0 aliphatic carbocycles. The van der Waals surface area contributed by atoms with Crippen LogP contribution in [0.25, 0.3) is 10.8 Å². The highest BCUT2D eigenvalue weighted by molar-refractivity contribution is 5.88. The van der Waals surface area contributed by atoms with Crippen LogP contribution >= 0.6 is 0 Å². The van der Waals surface area contributed by atoms with E-state index in [9.17, 15) is 9.59 Å². The van der Waals surface area contributed by atoms with Gasteiger partial charge in [0.1, 0.15) is 0 Å². The molecule has 0 bridgehead atoms. The SMILES string of the molecule is COCCCNC(=O)Cc1n[nH]c(=O)c2ccccc12. The molecule has 2 N–H and O–H groups in total. The smallest absolute Gasteiger partial charge is 0.272 e. The van der Waals surface area contributed by atoms with Crippen molar-refractivity contribution >= 4 is 16.7 Å². The van der Waals surface area contributed by atoms with Gasteiger partial charge in [0.05, 0.1) is 17.5 Å². The molecular formula is C14H17N3O3. The highest BCUT2D eigenvalue weighted by Crippen LogP contribution is 2.12. The first-order valence-electron chi connectivity index (χ1n) is 6.44. The van der Waals surface area contributed by atoms with Gasteiger partial charge >= 0.3 is 0 Å². The third-order valence-corrected chi connectivity index (χ3v) is 2.95. The van der Waals surface area contributed by atoms with Crippen LogP contribution in [0.4, 0.5) is 0 Å². The molecule has 0 unspecified atom stereocenters. The van der Waals surface area contributed by atoms with Gasteiger partial charge in [-0.2, -0.15) is 5.10 Å². The van der Waals surface area contributed by atoms with E-state index in [4.69, 9.17) is 4.74 Å². The van der Waals surface area contributed by atoms with Crippen molar-refractivity contribution in [3.8, 4) is 0 Å². The van der Waals surface area contributed by atoms with Gasteiger partial charge in [0, 0.05) is 25.6 Å². The fourth-order valence-corrected chi connectivity index (χ4v) is 1.97. The highest BCUT2D eigenvalue weighted by atomic mass is 16.5. The normalized spacial score (nSPS) is 10.7. The average Bonchev–Trinajstić information content (AvgIpc) is 2.47. The van der Waals surface area contributed by atoms with Crippen molar-refractivity contribution in [3.63, 3.8) is 0 Å². The third kappa shape index (κ3) is 3.42. The van der Waals surface area contributed by atoms with Gasteiger partial charge in [-0.05, 0) is 12.5 Å². The minimum Gasteiger partial charge on any atom is -0.385 e. The quantitative estimate of drug-likeness (QED) is 0.757. The molecule has 6 nitrogen and oxygen atoms in total. The van der Waals surface area contributed by atoms with E-state index in [-0.39, 0.29) is 17.9 Å². The van der Waals surface area contributed by atoms with Crippen molar-refractivity contribution in [2.45, 2.75) is 12.8 Å². The molecular weight excluding hydrogens is 258 g/mol. The fraction of sp³-hybridized carbons (Fsp3) is 0.357. The third-order valence-electron chi connectivity index (χ3n) is 2.95. The predicted octanol–water partition coefficient (Wildman–Crippen LogP) is 0.618. The van der Waals surface area contributed by atoms with Crippen LogP contribution < -0.4 is 10.9 Å². The van der Waals surface area contributed by atoms with Gasteiger partial charge in [-0.3, -0.25) is 9.59 Å². The Hall–Kier alpha value is -2.21. The van der Waals surface area contributed by atoms with Crippen LogP contribution in [0.1, 0.15) is 12.1 Å². The molecule has 2 rings (SSSR count). The van der Waals surface area contributed by atoms with Crippen LogP contribution in [-0.4, -0.2) is 36.4 Å². The maximum absolute atomic E-state index is 11.8.